The number of non-ortho nitro benzene ring substituents is 1. The van der Waals surface area contributed by atoms with Gasteiger partial charge in [-0.05, 0) is 28.8 Å². The van der Waals surface area contributed by atoms with Crippen molar-refractivity contribution < 1.29 is 4.92 Å². The molecule has 152 valence electrons. The number of hydrogen-bond donors (Lipinski definition) is 2. The van der Waals surface area contributed by atoms with Crippen molar-refractivity contribution in [3.63, 3.8) is 0 Å². The van der Waals surface area contributed by atoms with Crippen LogP contribution >= 0.6 is 24.0 Å². The summed E-state index contributed by atoms with van der Waals surface area (Å²) in [5, 5.41) is 16.7. The van der Waals surface area contributed by atoms with Crippen LogP contribution in [0.4, 0.5) is 5.69 Å². The van der Waals surface area contributed by atoms with E-state index in [0.29, 0.717) is 6.54 Å². The highest BCUT2D eigenvalue weighted by Crippen LogP contribution is 2.43. The van der Waals surface area contributed by atoms with E-state index in [1.54, 1.807) is 12.1 Å². The molecule has 0 saturated heterocycles. The molecule has 0 amide bonds. The van der Waals surface area contributed by atoms with Crippen LogP contribution in [-0.4, -0.2) is 16.5 Å². The summed E-state index contributed by atoms with van der Waals surface area (Å²) >= 11 is 6.54. The number of nitro benzene ring substituents is 1. The number of para-hydroxylation sites is 1. The third kappa shape index (κ3) is 3.35. The predicted octanol–water partition coefficient (Wildman–Crippen LogP) is 5.98. The maximum Gasteiger partial charge on any atom is 0.269 e. The van der Waals surface area contributed by atoms with Crippen molar-refractivity contribution in [3.05, 3.63) is 110 Å². The van der Waals surface area contributed by atoms with E-state index in [1.165, 1.54) is 11.6 Å². The van der Waals surface area contributed by atoms with Gasteiger partial charge in [0.05, 0.1) is 11.0 Å². The van der Waals surface area contributed by atoms with Crippen molar-refractivity contribution in [1.29, 1.82) is 0 Å². The van der Waals surface area contributed by atoms with E-state index in [2.05, 4.69) is 28.5 Å². The van der Waals surface area contributed by atoms with Gasteiger partial charge in [-0.3, -0.25) is 10.1 Å². The highest BCUT2D eigenvalue weighted by molar-refractivity contribution is 6.31. The van der Waals surface area contributed by atoms with Crippen LogP contribution in [0.5, 0.6) is 0 Å². The average Bonchev–Trinajstić information content (AvgIpc) is 3.13. The number of benzene rings is 3. The average molecular weight is 440 g/mol. The zero-order valence-corrected chi connectivity index (χ0v) is 17.4. The van der Waals surface area contributed by atoms with E-state index >= 15 is 0 Å². The Hall–Kier alpha value is -2.86. The third-order valence-electron chi connectivity index (χ3n) is 5.63. The first kappa shape index (κ1) is 20.4. The lowest BCUT2D eigenvalue weighted by Gasteiger charge is -2.31. The molecule has 2 heterocycles. The van der Waals surface area contributed by atoms with Gasteiger partial charge >= 0.3 is 0 Å². The minimum Gasteiger partial charge on any atom is -0.357 e. The molecule has 30 heavy (non-hydrogen) atoms. The van der Waals surface area contributed by atoms with E-state index in [9.17, 15) is 10.1 Å². The predicted molar refractivity (Wildman–Crippen MR) is 122 cm³/mol. The largest absolute Gasteiger partial charge is 0.357 e. The van der Waals surface area contributed by atoms with Crippen LogP contribution in [0.25, 0.3) is 10.9 Å². The maximum absolute atomic E-state index is 11.3. The Morgan fingerprint density at radius 3 is 2.57 bits per heavy atom. The Kier molecular flexibility index (Phi) is 5.52. The van der Waals surface area contributed by atoms with Crippen LogP contribution in [0.2, 0.25) is 5.02 Å². The van der Waals surface area contributed by atoms with Crippen molar-refractivity contribution in [1.82, 2.24) is 10.3 Å². The molecule has 0 radical (unpaired) electrons. The lowest BCUT2D eigenvalue weighted by molar-refractivity contribution is -0.384. The molecule has 7 heteroatoms. The normalized spacial score (nSPS) is 17.9. The molecule has 2 atom stereocenters. The van der Waals surface area contributed by atoms with Crippen LogP contribution in [0.15, 0.2) is 72.8 Å². The molecule has 0 saturated carbocycles. The van der Waals surface area contributed by atoms with E-state index in [1.807, 2.05) is 36.4 Å². The highest BCUT2D eigenvalue weighted by Gasteiger charge is 2.33. The molecule has 1 aliphatic rings. The second-order valence-corrected chi connectivity index (χ2v) is 7.67. The summed E-state index contributed by atoms with van der Waals surface area (Å²) in [5.74, 6) is 0.0878. The summed E-state index contributed by atoms with van der Waals surface area (Å²) in [4.78, 5) is 14.5. The Morgan fingerprint density at radius 1 is 1.00 bits per heavy atom. The monoisotopic (exact) mass is 439 g/mol. The second-order valence-electron chi connectivity index (χ2n) is 7.27. The van der Waals surface area contributed by atoms with Crippen molar-refractivity contribution in [2.45, 2.75) is 12.0 Å². The molecule has 1 aromatic heterocycles. The van der Waals surface area contributed by atoms with Crippen LogP contribution < -0.4 is 5.32 Å². The summed E-state index contributed by atoms with van der Waals surface area (Å²) in [5.41, 5.74) is 5.31. The Balaban J connectivity index is 0.00000218. The van der Waals surface area contributed by atoms with Crippen LogP contribution in [0.1, 0.15) is 34.3 Å². The molecule has 0 fully saturated rings. The van der Waals surface area contributed by atoms with Crippen LogP contribution in [0.3, 0.4) is 0 Å². The lowest BCUT2D eigenvalue weighted by Crippen LogP contribution is -2.34. The molecule has 2 unspecified atom stereocenters. The fourth-order valence-electron chi connectivity index (χ4n) is 4.35. The minimum atomic E-state index is -0.356. The number of aromatic amines is 1. The van der Waals surface area contributed by atoms with Crippen molar-refractivity contribution >= 4 is 40.6 Å². The van der Waals surface area contributed by atoms with Gasteiger partial charge in [-0.1, -0.05) is 60.1 Å². The Morgan fingerprint density at radius 2 is 1.77 bits per heavy atom. The molecule has 4 aromatic rings. The number of nitrogens with zero attached hydrogens (tertiary/aromatic N) is 1. The van der Waals surface area contributed by atoms with Gasteiger partial charge in [0.2, 0.25) is 0 Å². The molecule has 0 bridgehead atoms. The third-order valence-corrected chi connectivity index (χ3v) is 5.98. The zero-order valence-electron chi connectivity index (χ0n) is 15.8. The topological polar surface area (TPSA) is 71.0 Å². The first-order valence-electron chi connectivity index (χ1n) is 9.46. The summed E-state index contributed by atoms with van der Waals surface area (Å²) < 4.78 is 0. The molecule has 5 nitrogen and oxygen atoms in total. The lowest BCUT2D eigenvalue weighted by atomic mass is 9.83. The summed E-state index contributed by atoms with van der Waals surface area (Å²) in [7, 11) is 0. The number of halogens is 2. The standard InChI is InChI=1S/C23H18ClN3O2.ClH/c24-19-10-3-1-8-16(19)18-13-25-22(14-6-5-7-15(12-14)27(28)29)23-21(18)17-9-2-4-11-20(17)26-23;/h1-12,18,22,25-26H,13H2;1H. The fraction of sp³-hybridized carbons (Fsp3) is 0.130. The van der Waals surface area contributed by atoms with Gasteiger partial charge < -0.3 is 10.3 Å². The van der Waals surface area contributed by atoms with E-state index < -0.39 is 0 Å². The van der Waals surface area contributed by atoms with E-state index in [4.69, 9.17) is 11.6 Å². The van der Waals surface area contributed by atoms with Gasteiger partial charge in [0, 0.05) is 46.2 Å². The fourth-order valence-corrected chi connectivity index (χ4v) is 4.62. The number of rotatable bonds is 3. The van der Waals surface area contributed by atoms with Gasteiger partial charge in [0.1, 0.15) is 0 Å². The van der Waals surface area contributed by atoms with Crippen molar-refractivity contribution in [2.24, 2.45) is 0 Å². The quantitative estimate of drug-likeness (QED) is 0.304. The smallest absolute Gasteiger partial charge is 0.269 e. The second kappa shape index (κ2) is 8.11. The number of hydrogen-bond acceptors (Lipinski definition) is 3. The Bertz CT molecular complexity index is 1240. The molecule has 1 aliphatic heterocycles. The zero-order chi connectivity index (χ0) is 20.0. The summed E-state index contributed by atoms with van der Waals surface area (Å²) in [6.07, 6.45) is 0. The summed E-state index contributed by atoms with van der Waals surface area (Å²) in [6, 6.07) is 22.8. The van der Waals surface area contributed by atoms with Gasteiger partial charge in [0.15, 0.2) is 0 Å². The maximum atomic E-state index is 11.3. The van der Waals surface area contributed by atoms with Gasteiger partial charge in [0.25, 0.3) is 5.69 Å². The molecule has 3 aromatic carbocycles. The number of nitrogens with one attached hydrogen (secondary N) is 2. The first-order valence-corrected chi connectivity index (χ1v) is 9.84. The highest BCUT2D eigenvalue weighted by atomic mass is 35.5. The SMILES string of the molecule is Cl.O=[N+]([O-])c1cccc(C2NCC(c3ccccc3Cl)c3c2[nH]c2ccccc32)c1. The van der Waals surface area contributed by atoms with Gasteiger partial charge in [-0.15, -0.1) is 12.4 Å². The minimum absolute atomic E-state index is 0. The van der Waals surface area contributed by atoms with E-state index in [0.717, 1.165) is 32.7 Å². The Labute approximate surface area is 184 Å². The van der Waals surface area contributed by atoms with Crippen LogP contribution in [-0.2, 0) is 0 Å². The molecular weight excluding hydrogens is 421 g/mol. The molecular formula is C23H19Cl2N3O2. The number of fused-ring (bicyclic) bond motifs is 3. The molecule has 0 spiro atoms. The number of aromatic nitrogens is 1. The van der Waals surface area contributed by atoms with Crippen LogP contribution in [0, 0.1) is 10.1 Å². The molecule has 5 rings (SSSR count). The molecule has 0 aliphatic carbocycles. The van der Waals surface area contributed by atoms with Gasteiger partial charge in [-0.25, -0.2) is 0 Å². The molecule has 2 N–H and O–H groups in total. The van der Waals surface area contributed by atoms with Crippen molar-refractivity contribution in [3.8, 4) is 0 Å². The summed E-state index contributed by atoms with van der Waals surface area (Å²) in [6.45, 7) is 0.686. The van der Waals surface area contributed by atoms with E-state index in [-0.39, 0.29) is 35.0 Å². The first-order chi connectivity index (χ1) is 14.1. The van der Waals surface area contributed by atoms with Gasteiger partial charge in [-0.2, -0.15) is 0 Å². The number of H-pyrrole nitrogens is 1. The van der Waals surface area contributed by atoms with Crippen molar-refractivity contribution in [2.75, 3.05) is 6.54 Å². The number of nitro groups is 1.